The van der Waals surface area contributed by atoms with Gasteiger partial charge in [-0.05, 0) is 76.5 Å². The molecule has 1 saturated heterocycles. The van der Waals surface area contributed by atoms with Gasteiger partial charge in [0.1, 0.15) is 12.1 Å². The highest BCUT2D eigenvalue weighted by atomic mass is 16.2. The molecule has 1 aromatic rings. The van der Waals surface area contributed by atoms with Gasteiger partial charge in [-0.15, -0.1) is 0 Å². The molecule has 1 heterocycles. The lowest BCUT2D eigenvalue weighted by atomic mass is 9.83. The fraction of sp³-hybridized carbons (Fsp3) is 0.667. The van der Waals surface area contributed by atoms with Gasteiger partial charge in [-0.2, -0.15) is 0 Å². The van der Waals surface area contributed by atoms with E-state index in [0.717, 1.165) is 56.9 Å². The van der Waals surface area contributed by atoms with E-state index < -0.39 is 30.2 Å². The van der Waals surface area contributed by atoms with Crippen LogP contribution < -0.4 is 27.0 Å². The molecule has 4 amide bonds. The second kappa shape index (κ2) is 13.6. The molecule has 0 bridgehead atoms. The van der Waals surface area contributed by atoms with E-state index in [1.54, 1.807) is 25.8 Å². The minimum atomic E-state index is -0.760. The number of nitrogens with zero attached hydrogens (tertiary/aromatic N) is 1. The number of benzene rings is 1. The number of aryl methyl sites for hydroxylation is 1. The van der Waals surface area contributed by atoms with Gasteiger partial charge in [0.15, 0.2) is 0 Å². The Balaban J connectivity index is 1.58. The number of nitrogens with two attached hydrogens (primary N) is 1. The SMILES string of the molecule is CN[C@@H](C)C(=O)N[C@H](C(=O)N1C[C@@H](NC(=O)C(C)N)C[C@H]1C(=O)N[C@@H]1CCCc2ccccc21)C1CCCCC1. The van der Waals surface area contributed by atoms with E-state index >= 15 is 0 Å². The highest BCUT2D eigenvalue weighted by molar-refractivity contribution is 5.94. The Labute approximate surface area is 237 Å². The summed E-state index contributed by atoms with van der Waals surface area (Å²) in [4.78, 5) is 55.0. The molecule has 1 unspecified atom stereocenters. The number of carbonyl (C=O) groups is 4. The normalized spacial score (nSPS) is 25.3. The van der Waals surface area contributed by atoms with Crippen LogP contribution in [0.3, 0.4) is 0 Å². The number of fused-ring (bicyclic) bond motifs is 1. The van der Waals surface area contributed by atoms with Crippen LogP contribution in [-0.4, -0.2) is 72.3 Å². The highest BCUT2D eigenvalue weighted by Crippen LogP contribution is 2.32. The topological polar surface area (TPSA) is 146 Å². The average Bonchev–Trinajstić information content (AvgIpc) is 3.39. The van der Waals surface area contributed by atoms with Gasteiger partial charge in [-0.25, -0.2) is 0 Å². The van der Waals surface area contributed by atoms with E-state index in [1.807, 2.05) is 12.1 Å². The van der Waals surface area contributed by atoms with E-state index in [2.05, 4.69) is 33.4 Å². The van der Waals surface area contributed by atoms with Gasteiger partial charge in [0.25, 0.3) is 0 Å². The summed E-state index contributed by atoms with van der Waals surface area (Å²) in [6.07, 6.45) is 7.89. The molecule has 220 valence electrons. The Kier molecular flexibility index (Phi) is 10.2. The van der Waals surface area contributed by atoms with Crippen LogP contribution >= 0.6 is 0 Å². The molecule has 6 N–H and O–H groups in total. The summed E-state index contributed by atoms with van der Waals surface area (Å²) in [5.41, 5.74) is 8.14. The molecule has 1 aromatic carbocycles. The Hall–Kier alpha value is -2.98. The van der Waals surface area contributed by atoms with Crippen LogP contribution in [0, 0.1) is 5.92 Å². The molecule has 10 nitrogen and oxygen atoms in total. The van der Waals surface area contributed by atoms with Crippen LogP contribution in [0.25, 0.3) is 0 Å². The fourth-order valence-electron chi connectivity index (χ4n) is 6.37. The standard InChI is InChI=1S/C30H46N6O4/c1-18(31)27(37)33-22-16-25(29(39)34-24-15-9-13-20-10-7-8-14-23(20)24)36(17-22)30(40)26(21-11-5-4-6-12-21)35-28(38)19(2)32-3/h7-8,10,14,18-19,21-22,24-26,32H,4-6,9,11-13,15-17,31H2,1-3H3,(H,33,37)(H,34,39)(H,35,38)/t18?,19-,22-,24+,25-,26-/m0/s1. The molecule has 3 aliphatic rings. The van der Waals surface area contributed by atoms with E-state index in [4.69, 9.17) is 5.73 Å². The molecular weight excluding hydrogens is 508 g/mol. The number of carbonyl (C=O) groups excluding carboxylic acids is 4. The molecule has 1 saturated carbocycles. The third-order valence-corrected chi connectivity index (χ3v) is 8.84. The first-order chi connectivity index (χ1) is 19.2. The first kappa shape index (κ1) is 30.0. The number of likely N-dealkylation sites (N-methyl/N-ethyl adjacent to an activating group) is 1. The summed E-state index contributed by atoms with van der Waals surface area (Å²) in [5.74, 6) is -1.05. The first-order valence-electron chi connectivity index (χ1n) is 14.9. The molecule has 10 heteroatoms. The highest BCUT2D eigenvalue weighted by Gasteiger charge is 2.45. The van der Waals surface area contributed by atoms with Crippen LogP contribution in [-0.2, 0) is 25.6 Å². The molecule has 0 radical (unpaired) electrons. The average molecular weight is 555 g/mol. The van der Waals surface area contributed by atoms with Crippen LogP contribution in [0.4, 0.5) is 0 Å². The largest absolute Gasteiger partial charge is 0.350 e. The van der Waals surface area contributed by atoms with E-state index in [0.29, 0.717) is 6.42 Å². The zero-order chi connectivity index (χ0) is 28.8. The van der Waals surface area contributed by atoms with Crippen LogP contribution in [0.5, 0.6) is 0 Å². The number of nitrogens with one attached hydrogen (secondary N) is 4. The van der Waals surface area contributed by atoms with Crippen molar-refractivity contribution in [1.82, 2.24) is 26.2 Å². The lowest BCUT2D eigenvalue weighted by molar-refractivity contribution is -0.143. The van der Waals surface area contributed by atoms with Crippen molar-refractivity contribution < 1.29 is 19.2 Å². The monoisotopic (exact) mass is 554 g/mol. The van der Waals surface area contributed by atoms with E-state index in [-0.39, 0.29) is 42.1 Å². The van der Waals surface area contributed by atoms with Crippen molar-refractivity contribution in [2.24, 2.45) is 11.7 Å². The summed E-state index contributed by atoms with van der Waals surface area (Å²) in [6, 6.07) is 4.98. The van der Waals surface area contributed by atoms with Crippen molar-refractivity contribution in [2.75, 3.05) is 13.6 Å². The Morgan fingerprint density at radius 1 is 0.950 bits per heavy atom. The van der Waals surface area contributed by atoms with Crippen LogP contribution in [0.1, 0.15) is 82.4 Å². The fourth-order valence-corrected chi connectivity index (χ4v) is 6.37. The van der Waals surface area contributed by atoms with Crippen LogP contribution in [0.15, 0.2) is 24.3 Å². The predicted molar refractivity (Wildman–Crippen MR) is 153 cm³/mol. The van der Waals surface area contributed by atoms with Gasteiger partial charge in [-0.3, -0.25) is 19.2 Å². The van der Waals surface area contributed by atoms with Crippen molar-refractivity contribution in [2.45, 2.75) is 108 Å². The van der Waals surface area contributed by atoms with Crippen molar-refractivity contribution >= 4 is 23.6 Å². The number of amides is 4. The first-order valence-corrected chi connectivity index (χ1v) is 14.9. The van der Waals surface area contributed by atoms with E-state index in [9.17, 15) is 19.2 Å². The molecule has 2 fully saturated rings. The minimum Gasteiger partial charge on any atom is -0.350 e. The minimum absolute atomic E-state index is 0.000828. The van der Waals surface area contributed by atoms with Gasteiger partial charge in [0.05, 0.1) is 18.1 Å². The molecule has 0 aromatic heterocycles. The van der Waals surface area contributed by atoms with Crippen molar-refractivity contribution in [3.05, 3.63) is 35.4 Å². The molecule has 1 aliphatic heterocycles. The number of hydrogen-bond donors (Lipinski definition) is 5. The van der Waals surface area contributed by atoms with Crippen molar-refractivity contribution in [1.29, 1.82) is 0 Å². The Morgan fingerprint density at radius 3 is 2.38 bits per heavy atom. The van der Waals surface area contributed by atoms with Gasteiger partial charge < -0.3 is 31.9 Å². The number of hydrogen-bond acceptors (Lipinski definition) is 6. The lowest BCUT2D eigenvalue weighted by Crippen LogP contribution is -2.58. The summed E-state index contributed by atoms with van der Waals surface area (Å²) < 4.78 is 0. The maximum atomic E-state index is 14.2. The molecule has 0 spiro atoms. The van der Waals surface area contributed by atoms with Gasteiger partial charge in [-0.1, -0.05) is 43.5 Å². The number of likely N-dealkylation sites (tertiary alicyclic amines) is 1. The Morgan fingerprint density at radius 2 is 1.68 bits per heavy atom. The lowest BCUT2D eigenvalue weighted by Gasteiger charge is -2.35. The molecule has 6 atom stereocenters. The van der Waals surface area contributed by atoms with Gasteiger partial charge in [0.2, 0.25) is 23.6 Å². The zero-order valence-electron chi connectivity index (χ0n) is 24.1. The third-order valence-electron chi connectivity index (χ3n) is 8.84. The second-order valence-corrected chi connectivity index (χ2v) is 11.8. The Bertz CT molecular complexity index is 1070. The van der Waals surface area contributed by atoms with Gasteiger partial charge >= 0.3 is 0 Å². The summed E-state index contributed by atoms with van der Waals surface area (Å²) >= 11 is 0. The third kappa shape index (κ3) is 7.01. The number of rotatable bonds is 9. The smallest absolute Gasteiger partial charge is 0.246 e. The molecule has 4 rings (SSSR count). The van der Waals surface area contributed by atoms with Crippen LogP contribution in [0.2, 0.25) is 0 Å². The summed E-state index contributed by atoms with van der Waals surface area (Å²) in [5, 5.41) is 12.1. The van der Waals surface area contributed by atoms with E-state index in [1.165, 1.54) is 5.56 Å². The van der Waals surface area contributed by atoms with Gasteiger partial charge in [0, 0.05) is 12.6 Å². The second-order valence-electron chi connectivity index (χ2n) is 11.8. The molecule has 2 aliphatic carbocycles. The summed E-state index contributed by atoms with van der Waals surface area (Å²) in [7, 11) is 1.71. The maximum absolute atomic E-state index is 14.2. The van der Waals surface area contributed by atoms with Crippen molar-refractivity contribution in [3.63, 3.8) is 0 Å². The quantitative estimate of drug-likeness (QED) is 0.311. The predicted octanol–water partition coefficient (Wildman–Crippen LogP) is 1.29. The molecule has 40 heavy (non-hydrogen) atoms. The summed E-state index contributed by atoms with van der Waals surface area (Å²) in [6.45, 7) is 3.55. The van der Waals surface area contributed by atoms with Crippen molar-refractivity contribution in [3.8, 4) is 0 Å². The maximum Gasteiger partial charge on any atom is 0.246 e. The molecular formula is C30H46N6O4. The zero-order valence-corrected chi connectivity index (χ0v) is 24.1.